The zero-order chi connectivity index (χ0) is 21.8. The summed E-state index contributed by atoms with van der Waals surface area (Å²) in [6, 6.07) is 14.9. The molecule has 0 unspecified atom stereocenters. The number of nitrogens with zero attached hydrogens (tertiary/aromatic N) is 4. The molecule has 0 saturated heterocycles. The third-order valence-corrected chi connectivity index (χ3v) is 5.73. The lowest BCUT2D eigenvalue weighted by Crippen LogP contribution is -2.19. The van der Waals surface area contributed by atoms with Gasteiger partial charge >= 0.3 is 0 Å². The van der Waals surface area contributed by atoms with Crippen molar-refractivity contribution in [2.45, 2.75) is 13.1 Å². The number of benzene rings is 2. The number of thiocarbonyl (C=S) groups is 1. The van der Waals surface area contributed by atoms with Gasteiger partial charge in [0.1, 0.15) is 0 Å². The molecule has 158 valence electrons. The normalized spacial score (nSPS) is 10.8. The van der Waals surface area contributed by atoms with Crippen molar-refractivity contribution in [1.82, 2.24) is 19.6 Å². The second-order valence-corrected chi connectivity index (χ2v) is 8.33. The van der Waals surface area contributed by atoms with E-state index in [-0.39, 0.29) is 0 Å². The van der Waals surface area contributed by atoms with Gasteiger partial charge in [-0.3, -0.25) is 9.36 Å². The van der Waals surface area contributed by atoms with Gasteiger partial charge < -0.3 is 10.6 Å². The highest BCUT2D eigenvalue weighted by atomic mass is 35.5. The van der Waals surface area contributed by atoms with Crippen molar-refractivity contribution >= 4 is 63.6 Å². The van der Waals surface area contributed by atoms with Crippen LogP contribution in [0.25, 0.3) is 0 Å². The van der Waals surface area contributed by atoms with Crippen LogP contribution in [0.4, 0.5) is 11.5 Å². The standard InChI is InChI=1S/C21H17Cl3N6S/c22-17-5-2-1-4-14(17)11-29-9-8-20(28-29)27-21(31)26-15-10-25-30(12-15)13-16-18(23)6-3-7-19(16)24/h1-10,12H,11,13H2,(H2,26,27,28,31). The molecule has 2 aromatic carbocycles. The monoisotopic (exact) mass is 490 g/mol. The van der Waals surface area contributed by atoms with Gasteiger partial charge in [0.2, 0.25) is 0 Å². The SMILES string of the molecule is S=C(Nc1cnn(Cc2c(Cl)cccc2Cl)c1)Nc1ccn(Cc2ccccc2Cl)n1. The Labute approximate surface area is 199 Å². The maximum atomic E-state index is 6.23. The Kier molecular flexibility index (Phi) is 6.77. The first-order valence-corrected chi connectivity index (χ1v) is 10.8. The molecule has 31 heavy (non-hydrogen) atoms. The van der Waals surface area contributed by atoms with Gasteiger partial charge in [-0.1, -0.05) is 59.1 Å². The molecule has 0 aliphatic heterocycles. The Morgan fingerprint density at radius 1 is 0.871 bits per heavy atom. The van der Waals surface area contributed by atoms with Crippen molar-refractivity contribution in [3.05, 3.63) is 93.3 Å². The summed E-state index contributed by atoms with van der Waals surface area (Å²) >= 11 is 24.1. The first-order valence-electron chi connectivity index (χ1n) is 9.28. The second-order valence-electron chi connectivity index (χ2n) is 6.70. The van der Waals surface area contributed by atoms with Crippen LogP contribution in [-0.2, 0) is 13.1 Å². The van der Waals surface area contributed by atoms with E-state index in [0.29, 0.717) is 39.1 Å². The van der Waals surface area contributed by atoms with E-state index in [4.69, 9.17) is 47.0 Å². The highest BCUT2D eigenvalue weighted by Gasteiger charge is 2.09. The van der Waals surface area contributed by atoms with E-state index >= 15 is 0 Å². The maximum absolute atomic E-state index is 6.23. The average Bonchev–Trinajstić information content (AvgIpc) is 3.36. The molecule has 0 atom stereocenters. The van der Waals surface area contributed by atoms with E-state index in [0.717, 1.165) is 16.8 Å². The molecule has 4 rings (SSSR count). The minimum Gasteiger partial charge on any atom is -0.330 e. The Hall–Kier alpha value is -2.58. The fraction of sp³-hybridized carbons (Fsp3) is 0.0952. The maximum Gasteiger partial charge on any atom is 0.176 e. The predicted octanol–water partition coefficient (Wildman–Crippen LogP) is 5.95. The smallest absolute Gasteiger partial charge is 0.176 e. The molecule has 0 radical (unpaired) electrons. The number of hydrogen-bond donors (Lipinski definition) is 2. The van der Waals surface area contributed by atoms with E-state index in [1.54, 1.807) is 27.7 Å². The lowest BCUT2D eigenvalue weighted by Gasteiger charge is -2.08. The van der Waals surface area contributed by atoms with Crippen LogP contribution in [0.5, 0.6) is 0 Å². The van der Waals surface area contributed by atoms with Crippen LogP contribution in [0, 0.1) is 0 Å². The number of anilines is 2. The summed E-state index contributed by atoms with van der Waals surface area (Å²) in [5.74, 6) is 0.625. The molecule has 6 nitrogen and oxygen atoms in total. The molecular formula is C21H17Cl3N6S. The molecule has 4 aromatic rings. The Morgan fingerprint density at radius 2 is 1.61 bits per heavy atom. The fourth-order valence-corrected chi connectivity index (χ4v) is 3.89. The number of halogens is 3. The summed E-state index contributed by atoms with van der Waals surface area (Å²) in [5.41, 5.74) is 2.53. The predicted molar refractivity (Wildman–Crippen MR) is 130 cm³/mol. The fourth-order valence-electron chi connectivity index (χ4n) is 2.96. The van der Waals surface area contributed by atoms with Crippen LogP contribution in [0.2, 0.25) is 15.1 Å². The Bertz CT molecular complexity index is 1200. The summed E-state index contributed by atoms with van der Waals surface area (Å²) in [4.78, 5) is 0. The second kappa shape index (κ2) is 9.70. The van der Waals surface area contributed by atoms with E-state index in [9.17, 15) is 0 Å². The highest BCUT2D eigenvalue weighted by molar-refractivity contribution is 7.80. The highest BCUT2D eigenvalue weighted by Crippen LogP contribution is 2.25. The Balaban J connectivity index is 1.35. The van der Waals surface area contributed by atoms with Crippen LogP contribution in [0.1, 0.15) is 11.1 Å². The summed E-state index contributed by atoms with van der Waals surface area (Å²) in [7, 11) is 0. The molecule has 0 saturated carbocycles. The zero-order valence-electron chi connectivity index (χ0n) is 16.1. The first-order chi connectivity index (χ1) is 15.0. The quantitative estimate of drug-likeness (QED) is 0.327. The number of hydrogen-bond acceptors (Lipinski definition) is 3. The van der Waals surface area contributed by atoms with Crippen molar-refractivity contribution in [2.24, 2.45) is 0 Å². The van der Waals surface area contributed by atoms with Gasteiger partial charge in [0.15, 0.2) is 10.9 Å². The van der Waals surface area contributed by atoms with Gasteiger partial charge in [-0.25, -0.2) is 0 Å². The lowest BCUT2D eigenvalue weighted by molar-refractivity contribution is 0.687. The molecule has 2 heterocycles. The van der Waals surface area contributed by atoms with Gasteiger partial charge in [-0.05, 0) is 36.0 Å². The molecule has 0 amide bonds. The number of nitrogens with one attached hydrogen (secondary N) is 2. The van der Waals surface area contributed by atoms with Crippen molar-refractivity contribution in [1.29, 1.82) is 0 Å². The van der Waals surface area contributed by atoms with Gasteiger partial charge in [-0.2, -0.15) is 10.2 Å². The topological polar surface area (TPSA) is 59.7 Å². The number of aromatic nitrogens is 4. The van der Waals surface area contributed by atoms with Gasteiger partial charge in [0.05, 0.1) is 25.0 Å². The van der Waals surface area contributed by atoms with Crippen LogP contribution >= 0.6 is 47.0 Å². The van der Waals surface area contributed by atoms with E-state index < -0.39 is 0 Å². The zero-order valence-corrected chi connectivity index (χ0v) is 19.2. The van der Waals surface area contributed by atoms with Gasteiger partial charge in [-0.15, -0.1) is 0 Å². The minimum atomic E-state index is 0.401. The molecule has 0 bridgehead atoms. The first kappa shape index (κ1) is 21.6. The third kappa shape index (κ3) is 5.57. The minimum absolute atomic E-state index is 0.401. The van der Waals surface area contributed by atoms with E-state index in [1.807, 2.05) is 48.8 Å². The Morgan fingerprint density at radius 3 is 2.39 bits per heavy atom. The van der Waals surface area contributed by atoms with E-state index in [1.165, 1.54) is 0 Å². The largest absolute Gasteiger partial charge is 0.330 e. The molecule has 2 N–H and O–H groups in total. The van der Waals surface area contributed by atoms with Crippen molar-refractivity contribution < 1.29 is 0 Å². The van der Waals surface area contributed by atoms with Crippen molar-refractivity contribution in [3.8, 4) is 0 Å². The summed E-state index contributed by atoms with van der Waals surface area (Å²) < 4.78 is 3.52. The van der Waals surface area contributed by atoms with Crippen LogP contribution in [0.15, 0.2) is 67.1 Å². The van der Waals surface area contributed by atoms with Gasteiger partial charge in [0.25, 0.3) is 0 Å². The summed E-state index contributed by atoms with van der Waals surface area (Å²) in [5, 5.41) is 17.3. The van der Waals surface area contributed by atoms with Gasteiger partial charge in [0, 0.05) is 39.1 Å². The molecule has 0 spiro atoms. The molecule has 0 fully saturated rings. The van der Waals surface area contributed by atoms with Crippen LogP contribution < -0.4 is 10.6 Å². The van der Waals surface area contributed by atoms with Crippen LogP contribution in [-0.4, -0.2) is 24.7 Å². The van der Waals surface area contributed by atoms with Crippen molar-refractivity contribution in [2.75, 3.05) is 10.6 Å². The molecule has 10 heteroatoms. The molecular weight excluding hydrogens is 475 g/mol. The molecule has 0 aliphatic rings. The third-order valence-electron chi connectivity index (χ3n) is 4.45. The lowest BCUT2D eigenvalue weighted by atomic mass is 10.2. The molecule has 0 aliphatic carbocycles. The molecule has 2 aromatic heterocycles. The van der Waals surface area contributed by atoms with E-state index in [2.05, 4.69) is 20.8 Å². The number of rotatable bonds is 6. The van der Waals surface area contributed by atoms with Crippen molar-refractivity contribution in [3.63, 3.8) is 0 Å². The summed E-state index contributed by atoms with van der Waals surface area (Å²) in [6.07, 6.45) is 5.36. The average molecular weight is 492 g/mol. The van der Waals surface area contributed by atoms with Crippen LogP contribution in [0.3, 0.4) is 0 Å². The summed E-state index contributed by atoms with van der Waals surface area (Å²) in [6.45, 7) is 1.02.